The molecule has 0 aromatic carbocycles. The van der Waals surface area contributed by atoms with E-state index < -0.39 is 0 Å². The molecule has 0 radical (unpaired) electrons. The fourth-order valence-electron chi connectivity index (χ4n) is 2.85. The van der Waals surface area contributed by atoms with Gasteiger partial charge in [-0.1, -0.05) is 39.5 Å². The second kappa shape index (κ2) is 6.30. The molecule has 0 unspecified atom stereocenters. The maximum absolute atomic E-state index is 11.4. The summed E-state index contributed by atoms with van der Waals surface area (Å²) in [4.78, 5) is 11.4. The Hall–Kier alpha value is -0.330. The fourth-order valence-corrected chi connectivity index (χ4v) is 2.85. The van der Waals surface area contributed by atoms with Gasteiger partial charge in [0.05, 0.1) is 0 Å². The number of carbonyl (C=O) groups is 1. The molecule has 1 rings (SSSR count). The largest absolute Gasteiger partial charge is 0.300 e. The topological polar surface area (TPSA) is 17.1 Å². The molecule has 1 fully saturated rings. The summed E-state index contributed by atoms with van der Waals surface area (Å²) in [5.74, 6) is 0.496. The lowest BCUT2D eigenvalue weighted by Crippen LogP contribution is -2.20. The normalized spacial score (nSPS) is 23.7. The minimum Gasteiger partial charge on any atom is -0.300 e. The summed E-state index contributed by atoms with van der Waals surface area (Å²) in [5, 5.41) is 0. The van der Waals surface area contributed by atoms with E-state index in [4.69, 9.17) is 0 Å². The van der Waals surface area contributed by atoms with Crippen molar-refractivity contribution in [3.8, 4) is 0 Å². The maximum Gasteiger partial charge on any atom is 0.132 e. The summed E-state index contributed by atoms with van der Waals surface area (Å²) in [6.45, 7) is 4.67. The molecule has 1 heteroatoms. The smallest absolute Gasteiger partial charge is 0.132 e. The quantitative estimate of drug-likeness (QED) is 0.656. The zero-order valence-corrected chi connectivity index (χ0v) is 10.5. The van der Waals surface area contributed by atoms with Gasteiger partial charge in [-0.3, -0.25) is 4.79 Å². The van der Waals surface area contributed by atoms with Crippen LogP contribution in [0.5, 0.6) is 0 Å². The molecule has 1 nitrogen and oxygen atoms in total. The van der Waals surface area contributed by atoms with E-state index in [9.17, 15) is 4.79 Å². The number of Topliss-reactive ketones (excluding diaryl/α,β-unsaturated/α-hetero) is 1. The van der Waals surface area contributed by atoms with Gasteiger partial charge in [0.2, 0.25) is 0 Å². The highest BCUT2D eigenvalue weighted by atomic mass is 16.1. The molecule has 1 saturated carbocycles. The van der Waals surface area contributed by atoms with Gasteiger partial charge in [-0.2, -0.15) is 0 Å². The minimum absolute atomic E-state index is 0.496. The van der Waals surface area contributed by atoms with Crippen molar-refractivity contribution in [3.05, 3.63) is 0 Å². The van der Waals surface area contributed by atoms with Crippen LogP contribution in [-0.2, 0) is 4.79 Å². The first kappa shape index (κ1) is 12.7. The van der Waals surface area contributed by atoms with Crippen molar-refractivity contribution in [3.63, 3.8) is 0 Å². The third kappa shape index (κ3) is 3.96. The van der Waals surface area contributed by atoms with E-state index in [2.05, 4.69) is 13.8 Å². The molecule has 0 aromatic rings. The third-order valence-electron chi connectivity index (χ3n) is 4.33. The second-order valence-electron chi connectivity index (χ2n) is 5.16. The molecule has 1 aliphatic carbocycles. The number of hydrogen-bond acceptors (Lipinski definition) is 1. The molecule has 0 saturated heterocycles. The first-order valence-corrected chi connectivity index (χ1v) is 6.74. The molecule has 0 N–H and O–H groups in total. The van der Waals surface area contributed by atoms with Crippen LogP contribution < -0.4 is 0 Å². The van der Waals surface area contributed by atoms with E-state index in [0.29, 0.717) is 11.2 Å². The summed E-state index contributed by atoms with van der Waals surface area (Å²) >= 11 is 0. The molecular weight excluding hydrogens is 184 g/mol. The average molecular weight is 210 g/mol. The Labute approximate surface area is 94.6 Å². The zero-order chi connectivity index (χ0) is 11.1. The van der Waals surface area contributed by atoms with Crippen LogP contribution in [0.15, 0.2) is 0 Å². The van der Waals surface area contributed by atoms with Crippen LogP contribution in [-0.4, -0.2) is 5.78 Å². The minimum atomic E-state index is 0.496. The lowest BCUT2D eigenvalue weighted by molar-refractivity contribution is -0.119. The molecule has 0 atom stereocenters. The SMILES string of the molecule is CCC1(CC)CCCCC(=O)CCCC1. The molecule has 1 aliphatic rings. The highest BCUT2D eigenvalue weighted by molar-refractivity contribution is 5.78. The first-order chi connectivity index (χ1) is 7.22. The van der Waals surface area contributed by atoms with Gasteiger partial charge in [-0.05, 0) is 31.1 Å². The molecule has 0 heterocycles. The van der Waals surface area contributed by atoms with Gasteiger partial charge in [0, 0.05) is 12.8 Å². The number of ketones is 1. The number of hydrogen-bond donors (Lipinski definition) is 0. The zero-order valence-electron chi connectivity index (χ0n) is 10.5. The van der Waals surface area contributed by atoms with E-state index in [0.717, 1.165) is 25.7 Å². The van der Waals surface area contributed by atoms with Crippen molar-refractivity contribution >= 4 is 5.78 Å². The molecule has 0 aromatic heterocycles. The van der Waals surface area contributed by atoms with Crippen molar-refractivity contribution in [1.29, 1.82) is 0 Å². The van der Waals surface area contributed by atoms with Crippen LogP contribution in [0.2, 0.25) is 0 Å². The average Bonchev–Trinajstić information content (AvgIpc) is 2.28. The van der Waals surface area contributed by atoms with Gasteiger partial charge >= 0.3 is 0 Å². The maximum atomic E-state index is 11.4. The Balaban J connectivity index is 2.50. The van der Waals surface area contributed by atoms with Gasteiger partial charge in [0.15, 0.2) is 0 Å². The molecule has 0 aliphatic heterocycles. The van der Waals surface area contributed by atoms with E-state index in [-0.39, 0.29) is 0 Å². The summed E-state index contributed by atoms with van der Waals surface area (Å²) < 4.78 is 0. The Morgan fingerprint density at radius 2 is 1.40 bits per heavy atom. The predicted molar refractivity (Wildman–Crippen MR) is 65.0 cm³/mol. The van der Waals surface area contributed by atoms with Crippen molar-refractivity contribution in [1.82, 2.24) is 0 Å². The number of carbonyl (C=O) groups excluding carboxylic acids is 1. The summed E-state index contributed by atoms with van der Waals surface area (Å²) in [5.41, 5.74) is 0.598. The Kier molecular flexibility index (Phi) is 5.35. The summed E-state index contributed by atoms with van der Waals surface area (Å²) in [6.07, 6.45) is 11.8. The van der Waals surface area contributed by atoms with E-state index in [1.54, 1.807) is 0 Å². The molecule has 0 spiro atoms. The molecular formula is C14H26O. The van der Waals surface area contributed by atoms with Gasteiger partial charge in [0.25, 0.3) is 0 Å². The highest BCUT2D eigenvalue weighted by Gasteiger charge is 2.25. The molecule has 0 bridgehead atoms. The fraction of sp³-hybridized carbons (Fsp3) is 0.929. The highest BCUT2D eigenvalue weighted by Crippen LogP contribution is 2.38. The number of rotatable bonds is 2. The lowest BCUT2D eigenvalue weighted by atomic mass is 9.73. The van der Waals surface area contributed by atoms with Gasteiger partial charge in [0.1, 0.15) is 5.78 Å². The third-order valence-corrected chi connectivity index (χ3v) is 4.33. The van der Waals surface area contributed by atoms with Crippen molar-refractivity contribution in [2.24, 2.45) is 5.41 Å². The van der Waals surface area contributed by atoms with Crippen molar-refractivity contribution in [2.75, 3.05) is 0 Å². The predicted octanol–water partition coefficient (Wildman–Crippen LogP) is 4.50. The molecule has 0 amide bonds. The van der Waals surface area contributed by atoms with Crippen LogP contribution in [0.1, 0.15) is 78.1 Å². The van der Waals surface area contributed by atoms with Crippen LogP contribution in [0.25, 0.3) is 0 Å². The van der Waals surface area contributed by atoms with Crippen LogP contribution in [0.4, 0.5) is 0 Å². The van der Waals surface area contributed by atoms with Crippen LogP contribution >= 0.6 is 0 Å². The summed E-state index contributed by atoms with van der Waals surface area (Å²) in [7, 11) is 0. The lowest BCUT2D eigenvalue weighted by Gasteiger charge is -2.32. The van der Waals surface area contributed by atoms with Crippen LogP contribution in [0.3, 0.4) is 0 Å². The van der Waals surface area contributed by atoms with Crippen molar-refractivity contribution < 1.29 is 4.79 Å². The molecule has 88 valence electrons. The first-order valence-electron chi connectivity index (χ1n) is 6.74. The Morgan fingerprint density at radius 3 is 1.80 bits per heavy atom. The monoisotopic (exact) mass is 210 g/mol. The van der Waals surface area contributed by atoms with Gasteiger partial charge in [-0.25, -0.2) is 0 Å². The van der Waals surface area contributed by atoms with E-state index >= 15 is 0 Å². The Bertz CT molecular complexity index is 176. The van der Waals surface area contributed by atoms with Crippen molar-refractivity contribution in [2.45, 2.75) is 78.1 Å². The van der Waals surface area contributed by atoms with Crippen LogP contribution in [0, 0.1) is 5.41 Å². The standard InChI is InChI=1S/C14H26O/c1-3-14(4-2)11-7-5-9-13(15)10-6-8-12-14/h3-12H2,1-2H3. The van der Waals surface area contributed by atoms with E-state index in [1.165, 1.54) is 38.5 Å². The Morgan fingerprint density at radius 1 is 0.933 bits per heavy atom. The van der Waals surface area contributed by atoms with E-state index in [1.807, 2.05) is 0 Å². The second-order valence-corrected chi connectivity index (χ2v) is 5.16. The van der Waals surface area contributed by atoms with Gasteiger partial charge in [-0.15, -0.1) is 0 Å². The summed E-state index contributed by atoms with van der Waals surface area (Å²) in [6, 6.07) is 0. The molecule has 15 heavy (non-hydrogen) atoms. The van der Waals surface area contributed by atoms with Gasteiger partial charge < -0.3 is 0 Å².